The molecule has 0 radical (unpaired) electrons. The molecule has 1 unspecified atom stereocenters. The van der Waals surface area contributed by atoms with Gasteiger partial charge in [-0.3, -0.25) is 9.69 Å². The SMILES string of the molecule is O=C(c1ccco1)N1CCCN(CC(O)c2ccccc2F)CC1. The number of hydrogen-bond donors (Lipinski definition) is 1. The molecule has 1 saturated heterocycles. The average molecular weight is 332 g/mol. The van der Waals surface area contributed by atoms with E-state index in [0.29, 0.717) is 37.5 Å². The van der Waals surface area contributed by atoms with Crippen LogP contribution in [0.2, 0.25) is 0 Å². The summed E-state index contributed by atoms with van der Waals surface area (Å²) >= 11 is 0. The first-order valence-corrected chi connectivity index (χ1v) is 8.13. The van der Waals surface area contributed by atoms with Gasteiger partial charge in [-0.15, -0.1) is 0 Å². The van der Waals surface area contributed by atoms with E-state index in [9.17, 15) is 14.3 Å². The van der Waals surface area contributed by atoms with E-state index in [-0.39, 0.29) is 5.91 Å². The monoisotopic (exact) mass is 332 g/mol. The van der Waals surface area contributed by atoms with Crippen molar-refractivity contribution in [3.8, 4) is 0 Å². The molecule has 3 rings (SSSR count). The predicted octanol–water partition coefficient (Wildman–Crippen LogP) is 2.30. The molecule has 0 saturated carbocycles. The first kappa shape index (κ1) is 16.7. The first-order valence-electron chi connectivity index (χ1n) is 8.13. The molecule has 5 nitrogen and oxygen atoms in total. The zero-order valence-corrected chi connectivity index (χ0v) is 13.4. The van der Waals surface area contributed by atoms with Crippen LogP contribution in [0.1, 0.15) is 28.6 Å². The van der Waals surface area contributed by atoms with Crippen LogP contribution in [0.15, 0.2) is 47.1 Å². The standard InChI is InChI=1S/C18H21FN2O3/c19-15-6-2-1-5-14(15)16(22)13-20-8-4-9-21(11-10-20)18(23)17-7-3-12-24-17/h1-3,5-7,12,16,22H,4,8-11,13H2. The number of carbonyl (C=O) groups is 1. The van der Waals surface area contributed by atoms with Crippen LogP contribution in [0.5, 0.6) is 0 Å². The topological polar surface area (TPSA) is 56.9 Å². The molecular weight excluding hydrogens is 311 g/mol. The van der Waals surface area contributed by atoms with E-state index in [1.165, 1.54) is 12.3 Å². The fourth-order valence-corrected chi connectivity index (χ4v) is 3.00. The molecule has 1 aliphatic rings. The Bertz CT molecular complexity index is 675. The molecule has 1 aromatic carbocycles. The molecule has 1 atom stereocenters. The van der Waals surface area contributed by atoms with Gasteiger partial charge >= 0.3 is 0 Å². The average Bonchev–Trinajstić information content (AvgIpc) is 3.02. The van der Waals surface area contributed by atoms with E-state index in [1.807, 2.05) is 0 Å². The second kappa shape index (κ2) is 7.59. The third-order valence-corrected chi connectivity index (χ3v) is 4.30. The Morgan fingerprint density at radius 2 is 2.00 bits per heavy atom. The number of nitrogens with zero attached hydrogens (tertiary/aromatic N) is 2. The molecule has 0 aliphatic carbocycles. The lowest BCUT2D eigenvalue weighted by Crippen LogP contribution is -2.36. The number of β-amino-alcohol motifs (C(OH)–C–C–N with tert-alkyl or cyclic N) is 1. The molecule has 128 valence electrons. The summed E-state index contributed by atoms with van der Waals surface area (Å²) in [6.45, 7) is 2.95. The largest absolute Gasteiger partial charge is 0.459 e. The van der Waals surface area contributed by atoms with Crippen LogP contribution in [0, 0.1) is 5.82 Å². The van der Waals surface area contributed by atoms with Gasteiger partial charge in [-0.1, -0.05) is 18.2 Å². The minimum absolute atomic E-state index is 0.114. The number of rotatable bonds is 4. The van der Waals surface area contributed by atoms with Crippen molar-refractivity contribution in [3.05, 3.63) is 59.8 Å². The summed E-state index contributed by atoms with van der Waals surface area (Å²) in [6, 6.07) is 9.63. The lowest BCUT2D eigenvalue weighted by molar-refractivity contribution is 0.0722. The van der Waals surface area contributed by atoms with Gasteiger partial charge in [0.25, 0.3) is 5.91 Å². The Labute approximate surface area is 140 Å². The smallest absolute Gasteiger partial charge is 0.289 e. The summed E-state index contributed by atoms with van der Waals surface area (Å²) in [5.41, 5.74) is 0.310. The fraction of sp³-hybridized carbons (Fsp3) is 0.389. The van der Waals surface area contributed by atoms with Crippen molar-refractivity contribution >= 4 is 5.91 Å². The molecular formula is C18H21FN2O3. The van der Waals surface area contributed by atoms with Crippen LogP contribution in [0.25, 0.3) is 0 Å². The van der Waals surface area contributed by atoms with Gasteiger partial charge in [0.15, 0.2) is 5.76 Å². The van der Waals surface area contributed by atoms with E-state index >= 15 is 0 Å². The zero-order valence-electron chi connectivity index (χ0n) is 13.4. The summed E-state index contributed by atoms with van der Waals surface area (Å²) in [5.74, 6) is -0.166. The quantitative estimate of drug-likeness (QED) is 0.933. The Morgan fingerprint density at radius 1 is 1.17 bits per heavy atom. The van der Waals surface area contributed by atoms with E-state index in [2.05, 4.69) is 4.90 Å². The summed E-state index contributed by atoms with van der Waals surface area (Å²) in [6.07, 6.45) is 1.41. The molecule has 2 aromatic rings. The molecule has 1 amide bonds. The number of halogens is 1. The molecule has 1 aliphatic heterocycles. The molecule has 2 heterocycles. The van der Waals surface area contributed by atoms with Gasteiger partial charge in [0.05, 0.1) is 12.4 Å². The van der Waals surface area contributed by atoms with Crippen molar-refractivity contribution in [2.24, 2.45) is 0 Å². The van der Waals surface area contributed by atoms with Crippen molar-refractivity contribution in [2.45, 2.75) is 12.5 Å². The fourth-order valence-electron chi connectivity index (χ4n) is 3.00. The number of furan rings is 1. The Balaban J connectivity index is 1.58. The second-order valence-corrected chi connectivity index (χ2v) is 5.96. The lowest BCUT2D eigenvalue weighted by Gasteiger charge is -2.24. The van der Waals surface area contributed by atoms with Crippen molar-refractivity contribution in [3.63, 3.8) is 0 Å². The predicted molar refractivity (Wildman–Crippen MR) is 87.0 cm³/mol. The van der Waals surface area contributed by atoms with Crippen molar-refractivity contribution in [2.75, 3.05) is 32.7 Å². The first-order chi connectivity index (χ1) is 11.6. The maximum atomic E-state index is 13.8. The highest BCUT2D eigenvalue weighted by Gasteiger charge is 2.23. The second-order valence-electron chi connectivity index (χ2n) is 5.96. The third kappa shape index (κ3) is 3.83. The van der Waals surface area contributed by atoms with Gasteiger partial charge in [-0.2, -0.15) is 0 Å². The number of hydrogen-bond acceptors (Lipinski definition) is 4. The van der Waals surface area contributed by atoms with Crippen molar-refractivity contribution in [1.29, 1.82) is 0 Å². The molecule has 0 spiro atoms. The maximum absolute atomic E-state index is 13.8. The summed E-state index contributed by atoms with van der Waals surface area (Å²) in [5, 5.41) is 10.3. The van der Waals surface area contributed by atoms with Gasteiger partial charge in [0.2, 0.25) is 0 Å². The van der Waals surface area contributed by atoms with Gasteiger partial charge in [0.1, 0.15) is 5.82 Å². The zero-order chi connectivity index (χ0) is 16.9. The highest BCUT2D eigenvalue weighted by atomic mass is 19.1. The lowest BCUT2D eigenvalue weighted by atomic mass is 10.1. The van der Waals surface area contributed by atoms with Gasteiger partial charge < -0.3 is 14.4 Å². The van der Waals surface area contributed by atoms with Gasteiger partial charge in [0, 0.05) is 38.3 Å². The minimum atomic E-state index is -0.876. The Hall–Kier alpha value is -2.18. The highest BCUT2D eigenvalue weighted by Crippen LogP contribution is 2.19. The number of benzene rings is 1. The van der Waals surface area contributed by atoms with E-state index in [4.69, 9.17) is 4.42 Å². The van der Waals surface area contributed by atoms with Gasteiger partial charge in [-0.25, -0.2) is 4.39 Å². The molecule has 24 heavy (non-hydrogen) atoms. The highest BCUT2D eigenvalue weighted by molar-refractivity contribution is 5.91. The number of amides is 1. The number of aliphatic hydroxyl groups excluding tert-OH is 1. The summed E-state index contributed by atoms with van der Waals surface area (Å²) in [4.78, 5) is 16.1. The van der Waals surface area contributed by atoms with Crippen LogP contribution in [-0.4, -0.2) is 53.5 Å². The molecule has 0 bridgehead atoms. The third-order valence-electron chi connectivity index (χ3n) is 4.30. The van der Waals surface area contributed by atoms with Gasteiger partial charge in [-0.05, 0) is 24.6 Å². The van der Waals surface area contributed by atoms with Crippen LogP contribution < -0.4 is 0 Å². The number of carbonyl (C=O) groups excluding carboxylic acids is 1. The molecule has 1 N–H and O–H groups in total. The normalized spacial score (nSPS) is 17.5. The van der Waals surface area contributed by atoms with Crippen molar-refractivity contribution in [1.82, 2.24) is 9.80 Å². The summed E-state index contributed by atoms with van der Waals surface area (Å²) in [7, 11) is 0. The van der Waals surface area contributed by atoms with E-state index < -0.39 is 11.9 Å². The van der Waals surface area contributed by atoms with E-state index in [1.54, 1.807) is 35.2 Å². The number of aliphatic hydroxyl groups is 1. The maximum Gasteiger partial charge on any atom is 0.289 e. The Morgan fingerprint density at radius 3 is 2.75 bits per heavy atom. The van der Waals surface area contributed by atoms with Crippen LogP contribution in [0.4, 0.5) is 4.39 Å². The molecule has 6 heteroatoms. The van der Waals surface area contributed by atoms with Crippen molar-refractivity contribution < 1.29 is 18.7 Å². The summed E-state index contributed by atoms with van der Waals surface area (Å²) < 4.78 is 18.9. The Kier molecular flexibility index (Phi) is 5.27. The van der Waals surface area contributed by atoms with Crippen LogP contribution >= 0.6 is 0 Å². The molecule has 1 fully saturated rings. The van der Waals surface area contributed by atoms with Crippen LogP contribution in [0.3, 0.4) is 0 Å². The van der Waals surface area contributed by atoms with E-state index in [0.717, 1.165) is 13.0 Å². The van der Waals surface area contributed by atoms with Crippen LogP contribution in [-0.2, 0) is 0 Å². The minimum Gasteiger partial charge on any atom is -0.459 e. The molecule has 1 aromatic heterocycles.